The molecule has 1 atom stereocenters. The maximum atomic E-state index is 2.27. The number of halogens is 1. The molecule has 2 nitrogen and oxygen atoms in total. The lowest BCUT2D eigenvalue weighted by Crippen LogP contribution is -3.07. The molecule has 1 heterocycles. The van der Waals surface area contributed by atoms with Gasteiger partial charge in [-0.1, -0.05) is 19.8 Å². The maximum absolute atomic E-state index is 2.27. The fraction of sp³-hybridized carbons (Fsp3) is 0.800. The normalized spacial score (nSPS) is 20.5. The molecule has 0 aromatic rings. The second-order valence-corrected chi connectivity index (χ2v) is 3.70. The lowest BCUT2D eigenvalue weighted by atomic mass is 10.2. The van der Waals surface area contributed by atoms with Gasteiger partial charge in [-0.3, -0.25) is 4.90 Å². The topological polar surface area (TPSA) is 7.68 Å². The summed E-state index contributed by atoms with van der Waals surface area (Å²) in [6.45, 7) is 4.73. The van der Waals surface area contributed by atoms with Crippen molar-refractivity contribution in [3.8, 4) is 0 Å². The second kappa shape index (κ2) is 7.39. The summed E-state index contributed by atoms with van der Waals surface area (Å²) in [5, 5.41) is 0. The van der Waals surface area contributed by atoms with Gasteiger partial charge in [0.15, 0.2) is 6.67 Å². The quantitative estimate of drug-likeness (QED) is 0.545. The summed E-state index contributed by atoms with van der Waals surface area (Å²) in [6, 6.07) is 0. The van der Waals surface area contributed by atoms with Crippen LogP contribution in [0.15, 0.2) is 12.4 Å². The smallest absolute Gasteiger partial charge is 0.156 e. The van der Waals surface area contributed by atoms with E-state index in [2.05, 4.69) is 31.3 Å². The lowest BCUT2D eigenvalue weighted by Gasteiger charge is -2.12. The van der Waals surface area contributed by atoms with Crippen molar-refractivity contribution in [3.05, 3.63) is 12.4 Å². The van der Waals surface area contributed by atoms with Crippen LogP contribution in [0.3, 0.4) is 0 Å². The summed E-state index contributed by atoms with van der Waals surface area (Å²) in [7, 11) is 2.13. The number of hydrogen-bond donors (Lipinski definition) is 1. The molecule has 0 saturated heterocycles. The Bertz CT molecular complexity index is 148. The Balaban J connectivity index is 0.00000144. The van der Waals surface area contributed by atoms with Gasteiger partial charge in [-0.25, -0.2) is 0 Å². The minimum Gasteiger partial charge on any atom is -1.00 e. The van der Waals surface area contributed by atoms with Crippen molar-refractivity contribution in [2.75, 3.05) is 20.3 Å². The van der Waals surface area contributed by atoms with Gasteiger partial charge in [-0.15, -0.1) is 0 Å². The van der Waals surface area contributed by atoms with Crippen molar-refractivity contribution in [1.82, 2.24) is 4.90 Å². The first-order chi connectivity index (χ1) is 5.83. The van der Waals surface area contributed by atoms with Crippen LogP contribution in [0.25, 0.3) is 0 Å². The lowest BCUT2D eigenvalue weighted by molar-refractivity contribution is -0.848. The molecule has 13 heavy (non-hydrogen) atoms. The van der Waals surface area contributed by atoms with Crippen LogP contribution in [0.5, 0.6) is 0 Å². The van der Waals surface area contributed by atoms with E-state index in [1.807, 2.05) is 0 Å². The van der Waals surface area contributed by atoms with Crippen LogP contribution in [0.1, 0.15) is 32.6 Å². The molecule has 1 rings (SSSR count). The zero-order chi connectivity index (χ0) is 8.81. The maximum Gasteiger partial charge on any atom is 0.156 e. The van der Waals surface area contributed by atoms with Crippen LogP contribution in [-0.4, -0.2) is 25.2 Å². The average molecular weight is 249 g/mol. The summed E-state index contributed by atoms with van der Waals surface area (Å²) in [5.74, 6) is 0. The molecular formula is C10H21BrN2. The molecule has 1 aliphatic rings. The first-order valence-electron chi connectivity index (χ1n) is 5.06. The Morgan fingerprint density at radius 2 is 2.08 bits per heavy atom. The van der Waals surface area contributed by atoms with Gasteiger partial charge >= 0.3 is 0 Å². The van der Waals surface area contributed by atoms with Crippen LogP contribution < -0.4 is 21.9 Å². The van der Waals surface area contributed by atoms with E-state index in [1.54, 1.807) is 4.90 Å². The van der Waals surface area contributed by atoms with Crippen molar-refractivity contribution in [2.24, 2.45) is 0 Å². The van der Waals surface area contributed by atoms with Crippen molar-refractivity contribution in [2.45, 2.75) is 32.6 Å². The Hall–Kier alpha value is -0.0200. The zero-order valence-corrected chi connectivity index (χ0v) is 10.3. The fourth-order valence-corrected chi connectivity index (χ4v) is 1.60. The van der Waals surface area contributed by atoms with Gasteiger partial charge in [0.2, 0.25) is 0 Å². The standard InChI is InChI=1S/C10H20N2.BrH/c1-3-4-5-6-7-12-9-8-11(2)10-12;/h8-9H,3-7,10H2,1-2H3;1H. The first kappa shape index (κ1) is 13.0. The third-order valence-corrected chi connectivity index (χ3v) is 2.37. The predicted octanol–water partition coefficient (Wildman–Crippen LogP) is -2.17. The summed E-state index contributed by atoms with van der Waals surface area (Å²) < 4.78 is 0. The van der Waals surface area contributed by atoms with Gasteiger partial charge in [0.25, 0.3) is 0 Å². The Morgan fingerprint density at radius 3 is 2.62 bits per heavy atom. The highest BCUT2D eigenvalue weighted by molar-refractivity contribution is 4.74. The minimum atomic E-state index is 0. The summed E-state index contributed by atoms with van der Waals surface area (Å²) in [6.07, 6.45) is 9.96. The summed E-state index contributed by atoms with van der Waals surface area (Å²) in [4.78, 5) is 3.85. The van der Waals surface area contributed by atoms with E-state index in [-0.39, 0.29) is 17.0 Å². The molecule has 0 radical (unpaired) electrons. The van der Waals surface area contributed by atoms with E-state index in [9.17, 15) is 0 Å². The van der Waals surface area contributed by atoms with Crippen LogP contribution in [0.4, 0.5) is 0 Å². The predicted molar refractivity (Wildman–Crippen MR) is 51.7 cm³/mol. The highest BCUT2D eigenvalue weighted by Gasteiger charge is 2.11. The van der Waals surface area contributed by atoms with Gasteiger partial charge in [0, 0.05) is 7.05 Å². The number of quaternary nitrogens is 1. The van der Waals surface area contributed by atoms with Crippen molar-refractivity contribution < 1.29 is 21.9 Å². The molecule has 78 valence electrons. The molecule has 0 aromatic carbocycles. The molecule has 1 N–H and O–H groups in total. The molecule has 0 aliphatic carbocycles. The van der Waals surface area contributed by atoms with Gasteiger partial charge in [-0.05, 0) is 12.8 Å². The largest absolute Gasteiger partial charge is 1.00 e. The molecule has 0 aromatic heterocycles. The fourth-order valence-electron chi connectivity index (χ4n) is 1.60. The molecule has 3 heteroatoms. The van der Waals surface area contributed by atoms with Gasteiger partial charge < -0.3 is 21.9 Å². The van der Waals surface area contributed by atoms with E-state index in [4.69, 9.17) is 0 Å². The summed E-state index contributed by atoms with van der Waals surface area (Å²) >= 11 is 0. The number of rotatable bonds is 5. The monoisotopic (exact) mass is 248 g/mol. The Morgan fingerprint density at radius 1 is 1.31 bits per heavy atom. The Labute approximate surface area is 92.4 Å². The van der Waals surface area contributed by atoms with Crippen molar-refractivity contribution in [1.29, 1.82) is 0 Å². The zero-order valence-electron chi connectivity index (χ0n) is 8.72. The van der Waals surface area contributed by atoms with Gasteiger partial charge in [0.05, 0.1) is 12.7 Å². The van der Waals surface area contributed by atoms with E-state index in [1.165, 1.54) is 32.2 Å². The number of unbranched alkanes of at least 4 members (excludes halogenated alkanes) is 3. The van der Waals surface area contributed by atoms with E-state index in [0.717, 1.165) is 6.67 Å². The highest BCUT2D eigenvalue weighted by atomic mass is 79.9. The number of nitrogens with zero attached hydrogens (tertiary/aromatic N) is 1. The summed E-state index contributed by atoms with van der Waals surface area (Å²) in [5.41, 5.74) is 0. The second-order valence-electron chi connectivity index (χ2n) is 3.70. The van der Waals surface area contributed by atoms with Crippen molar-refractivity contribution >= 4 is 0 Å². The minimum absolute atomic E-state index is 0. The molecule has 0 saturated carbocycles. The molecule has 0 fully saturated rings. The number of nitrogens with one attached hydrogen (secondary N) is 1. The van der Waals surface area contributed by atoms with Crippen LogP contribution >= 0.6 is 0 Å². The SMILES string of the molecule is CCCCCC[NH+]1C=CN(C)C1.[Br-]. The third kappa shape index (κ3) is 5.32. The molecule has 0 spiro atoms. The third-order valence-electron chi connectivity index (χ3n) is 2.37. The molecular weight excluding hydrogens is 228 g/mol. The molecule has 0 amide bonds. The van der Waals surface area contributed by atoms with Gasteiger partial charge in [-0.2, -0.15) is 0 Å². The van der Waals surface area contributed by atoms with E-state index >= 15 is 0 Å². The van der Waals surface area contributed by atoms with E-state index in [0.29, 0.717) is 0 Å². The van der Waals surface area contributed by atoms with Crippen LogP contribution in [0, 0.1) is 0 Å². The number of hydrogen-bond acceptors (Lipinski definition) is 1. The molecule has 1 unspecified atom stereocenters. The molecule has 1 aliphatic heterocycles. The van der Waals surface area contributed by atoms with Crippen molar-refractivity contribution in [3.63, 3.8) is 0 Å². The van der Waals surface area contributed by atoms with Crippen LogP contribution in [0.2, 0.25) is 0 Å². The first-order valence-corrected chi connectivity index (χ1v) is 5.06. The van der Waals surface area contributed by atoms with Crippen LogP contribution in [-0.2, 0) is 0 Å². The Kier molecular flexibility index (Phi) is 7.38. The van der Waals surface area contributed by atoms with E-state index < -0.39 is 0 Å². The molecule has 0 bridgehead atoms. The highest BCUT2D eigenvalue weighted by Crippen LogP contribution is 1.96. The van der Waals surface area contributed by atoms with Gasteiger partial charge in [0.1, 0.15) is 6.20 Å². The average Bonchev–Trinajstić information content (AvgIpc) is 2.45.